The van der Waals surface area contributed by atoms with E-state index in [1.165, 1.54) is 10.8 Å². The van der Waals surface area contributed by atoms with Crippen molar-refractivity contribution < 1.29 is 9.21 Å². The lowest BCUT2D eigenvalue weighted by molar-refractivity contribution is 0.0914. The van der Waals surface area contributed by atoms with E-state index in [1.807, 2.05) is 20.8 Å². The van der Waals surface area contributed by atoms with Gasteiger partial charge < -0.3 is 9.73 Å². The predicted octanol–water partition coefficient (Wildman–Crippen LogP) is 0.959. The number of nitrogens with zero attached hydrogens (tertiary/aromatic N) is 3. The van der Waals surface area contributed by atoms with Gasteiger partial charge in [-0.3, -0.25) is 9.36 Å². The summed E-state index contributed by atoms with van der Waals surface area (Å²) in [5.41, 5.74) is -0.549. The normalized spacial score (nSPS) is 11.4. The van der Waals surface area contributed by atoms with Gasteiger partial charge >= 0.3 is 11.6 Å². The average Bonchev–Trinajstić information content (AvgIpc) is 2.90. The maximum absolute atomic E-state index is 11.9. The van der Waals surface area contributed by atoms with E-state index < -0.39 is 5.91 Å². The maximum atomic E-state index is 11.9. The summed E-state index contributed by atoms with van der Waals surface area (Å²) in [5, 5.41) is 2.66. The SMILES string of the molecule is CC(C)(C)c1cnc(C(=O)NCCn2cccnc2=O)o1. The number of rotatable bonds is 4. The molecule has 2 aromatic rings. The van der Waals surface area contributed by atoms with Gasteiger partial charge in [0.05, 0.1) is 6.20 Å². The second-order valence-corrected chi connectivity index (χ2v) is 5.63. The molecule has 0 unspecified atom stereocenters. The largest absolute Gasteiger partial charge is 0.437 e. The molecule has 0 saturated heterocycles. The summed E-state index contributed by atoms with van der Waals surface area (Å²) >= 11 is 0. The molecule has 0 aromatic carbocycles. The van der Waals surface area contributed by atoms with Crippen molar-refractivity contribution in [2.45, 2.75) is 32.7 Å². The van der Waals surface area contributed by atoms with Gasteiger partial charge in [-0.2, -0.15) is 0 Å². The van der Waals surface area contributed by atoms with Gasteiger partial charge in [-0.05, 0) is 6.07 Å². The molecular formula is C14H18N4O3. The number of hydrogen-bond donors (Lipinski definition) is 1. The van der Waals surface area contributed by atoms with Crippen molar-refractivity contribution in [3.63, 3.8) is 0 Å². The first-order chi connectivity index (χ1) is 9.88. The van der Waals surface area contributed by atoms with Crippen LogP contribution in [-0.4, -0.2) is 27.0 Å². The highest BCUT2D eigenvalue weighted by Gasteiger charge is 2.21. The van der Waals surface area contributed by atoms with E-state index in [0.717, 1.165) is 0 Å². The van der Waals surface area contributed by atoms with Gasteiger partial charge in [-0.1, -0.05) is 20.8 Å². The topological polar surface area (TPSA) is 90.0 Å². The molecule has 0 atom stereocenters. The average molecular weight is 290 g/mol. The van der Waals surface area contributed by atoms with E-state index in [0.29, 0.717) is 12.3 Å². The molecule has 2 rings (SSSR count). The minimum atomic E-state index is -0.401. The first-order valence-corrected chi connectivity index (χ1v) is 6.64. The zero-order valence-electron chi connectivity index (χ0n) is 12.3. The molecule has 0 aliphatic heterocycles. The van der Waals surface area contributed by atoms with Crippen LogP contribution in [0.5, 0.6) is 0 Å². The lowest BCUT2D eigenvalue weighted by Crippen LogP contribution is -2.31. The second kappa shape index (κ2) is 5.90. The molecule has 0 saturated carbocycles. The molecule has 112 valence electrons. The van der Waals surface area contributed by atoms with Crippen LogP contribution in [-0.2, 0) is 12.0 Å². The fraction of sp³-hybridized carbons (Fsp3) is 0.429. The van der Waals surface area contributed by atoms with E-state index in [-0.39, 0.29) is 23.5 Å². The summed E-state index contributed by atoms with van der Waals surface area (Å²) in [5.74, 6) is 0.275. The number of amides is 1. The molecule has 1 N–H and O–H groups in total. The van der Waals surface area contributed by atoms with Crippen LogP contribution < -0.4 is 11.0 Å². The summed E-state index contributed by atoms with van der Waals surface area (Å²) in [4.78, 5) is 30.9. The van der Waals surface area contributed by atoms with Crippen LogP contribution in [0, 0.1) is 0 Å². The van der Waals surface area contributed by atoms with Gasteiger partial charge in [-0.15, -0.1) is 0 Å². The Morgan fingerprint density at radius 2 is 2.14 bits per heavy atom. The monoisotopic (exact) mass is 290 g/mol. The van der Waals surface area contributed by atoms with Crippen LogP contribution in [0.2, 0.25) is 0 Å². The molecule has 0 aliphatic carbocycles. The summed E-state index contributed by atoms with van der Waals surface area (Å²) < 4.78 is 6.85. The zero-order valence-corrected chi connectivity index (χ0v) is 12.3. The molecule has 7 nitrogen and oxygen atoms in total. The molecule has 1 amide bonds. The summed E-state index contributed by atoms with van der Waals surface area (Å²) in [7, 11) is 0. The molecule has 0 aliphatic rings. The van der Waals surface area contributed by atoms with Gasteiger partial charge in [0.1, 0.15) is 5.76 Å². The predicted molar refractivity (Wildman–Crippen MR) is 76.0 cm³/mol. The first kappa shape index (κ1) is 15.0. The van der Waals surface area contributed by atoms with Crippen molar-refractivity contribution in [1.29, 1.82) is 0 Å². The van der Waals surface area contributed by atoms with Crippen molar-refractivity contribution in [2.24, 2.45) is 0 Å². The van der Waals surface area contributed by atoms with E-state index >= 15 is 0 Å². The Hall–Kier alpha value is -2.44. The molecule has 2 aromatic heterocycles. The van der Waals surface area contributed by atoms with Crippen molar-refractivity contribution >= 4 is 5.91 Å². The van der Waals surface area contributed by atoms with Crippen molar-refractivity contribution in [2.75, 3.05) is 6.54 Å². The Labute approximate surface area is 122 Å². The van der Waals surface area contributed by atoms with Crippen LogP contribution in [0.15, 0.2) is 33.9 Å². The Kier molecular flexibility index (Phi) is 4.21. The van der Waals surface area contributed by atoms with E-state index in [9.17, 15) is 9.59 Å². The second-order valence-electron chi connectivity index (χ2n) is 5.63. The molecule has 0 radical (unpaired) electrons. The fourth-order valence-corrected chi connectivity index (χ4v) is 1.65. The smallest absolute Gasteiger partial charge is 0.347 e. The molecule has 21 heavy (non-hydrogen) atoms. The standard InChI is InChI=1S/C14H18N4O3/c1-14(2,3)10-9-17-12(21-10)11(19)15-6-8-18-7-4-5-16-13(18)20/h4-5,7,9H,6,8H2,1-3H3,(H,15,19). The highest BCUT2D eigenvalue weighted by Crippen LogP contribution is 2.22. The van der Waals surface area contributed by atoms with Crippen LogP contribution in [0.1, 0.15) is 37.2 Å². The number of hydrogen-bond acceptors (Lipinski definition) is 5. The number of nitrogens with one attached hydrogen (secondary N) is 1. The Morgan fingerprint density at radius 1 is 1.38 bits per heavy atom. The Bertz CT molecular complexity index is 682. The summed E-state index contributed by atoms with van der Waals surface area (Å²) in [6, 6.07) is 1.66. The zero-order chi connectivity index (χ0) is 15.5. The van der Waals surface area contributed by atoms with Gasteiger partial charge in [0.25, 0.3) is 5.89 Å². The number of aromatic nitrogens is 3. The fourth-order valence-electron chi connectivity index (χ4n) is 1.65. The first-order valence-electron chi connectivity index (χ1n) is 6.64. The molecule has 0 fully saturated rings. The minimum absolute atomic E-state index is 0.0264. The third kappa shape index (κ3) is 3.77. The van der Waals surface area contributed by atoms with Crippen LogP contribution in [0.3, 0.4) is 0 Å². The Morgan fingerprint density at radius 3 is 2.76 bits per heavy atom. The van der Waals surface area contributed by atoms with Gasteiger partial charge in [0.15, 0.2) is 0 Å². The summed E-state index contributed by atoms with van der Waals surface area (Å²) in [6.07, 6.45) is 4.60. The van der Waals surface area contributed by atoms with E-state index in [4.69, 9.17) is 4.42 Å². The lowest BCUT2D eigenvalue weighted by Gasteiger charge is -2.13. The van der Waals surface area contributed by atoms with Gasteiger partial charge in [0.2, 0.25) is 0 Å². The molecule has 0 bridgehead atoms. The van der Waals surface area contributed by atoms with Crippen molar-refractivity contribution in [3.05, 3.63) is 46.8 Å². The van der Waals surface area contributed by atoms with E-state index in [1.54, 1.807) is 18.5 Å². The lowest BCUT2D eigenvalue weighted by atomic mass is 9.94. The van der Waals surface area contributed by atoms with Gasteiger partial charge in [-0.25, -0.2) is 14.8 Å². The maximum Gasteiger partial charge on any atom is 0.347 e. The van der Waals surface area contributed by atoms with Crippen LogP contribution in [0.4, 0.5) is 0 Å². The molecule has 0 spiro atoms. The van der Waals surface area contributed by atoms with Crippen LogP contribution >= 0.6 is 0 Å². The third-order valence-corrected chi connectivity index (χ3v) is 2.86. The highest BCUT2D eigenvalue weighted by atomic mass is 16.4. The highest BCUT2D eigenvalue weighted by molar-refractivity contribution is 5.89. The van der Waals surface area contributed by atoms with Crippen molar-refractivity contribution in [1.82, 2.24) is 19.9 Å². The molecule has 2 heterocycles. The van der Waals surface area contributed by atoms with E-state index in [2.05, 4.69) is 15.3 Å². The van der Waals surface area contributed by atoms with Gasteiger partial charge in [0, 0.05) is 30.9 Å². The molecular weight excluding hydrogens is 272 g/mol. The number of oxazole rings is 1. The quantitative estimate of drug-likeness (QED) is 0.905. The Balaban J connectivity index is 1.92. The third-order valence-electron chi connectivity index (χ3n) is 2.86. The van der Waals surface area contributed by atoms with Crippen molar-refractivity contribution in [3.8, 4) is 0 Å². The minimum Gasteiger partial charge on any atom is -0.437 e. The molecule has 7 heteroatoms. The summed E-state index contributed by atoms with van der Waals surface area (Å²) in [6.45, 7) is 6.56. The number of carbonyl (C=O) groups is 1. The number of carbonyl (C=O) groups excluding carboxylic acids is 1. The van der Waals surface area contributed by atoms with Crippen LogP contribution in [0.25, 0.3) is 0 Å².